The number of nitrogens with zero attached hydrogens (tertiary/aromatic N) is 2. The van der Waals surface area contributed by atoms with Crippen LogP contribution in [0, 0.1) is 5.92 Å². The molecule has 1 unspecified atom stereocenters. The largest absolute Gasteiger partial charge is 0.481 e. The van der Waals surface area contributed by atoms with Crippen LogP contribution in [0.25, 0.3) is 0 Å². The highest BCUT2D eigenvalue weighted by molar-refractivity contribution is 5.98. The Kier molecular flexibility index (Phi) is 4.18. The van der Waals surface area contributed by atoms with Crippen LogP contribution in [-0.2, 0) is 4.79 Å². The van der Waals surface area contributed by atoms with Crippen molar-refractivity contribution in [3.05, 3.63) is 29.8 Å². The molecule has 2 aliphatic heterocycles. The molecule has 1 aromatic carbocycles. The fourth-order valence-corrected chi connectivity index (χ4v) is 3.01. The Morgan fingerprint density at radius 3 is 2.78 bits per heavy atom. The van der Waals surface area contributed by atoms with E-state index in [1.165, 1.54) is 0 Å². The van der Waals surface area contributed by atoms with Crippen LogP contribution in [0.5, 0.6) is 0 Å². The van der Waals surface area contributed by atoms with E-state index in [0.29, 0.717) is 37.3 Å². The monoisotopic (exact) mass is 317 g/mol. The number of benzene rings is 1. The Hall–Kier alpha value is -2.57. The predicted octanol–water partition coefficient (Wildman–Crippen LogP) is 1.15. The third-order valence-electron chi connectivity index (χ3n) is 4.31. The van der Waals surface area contributed by atoms with Gasteiger partial charge in [0, 0.05) is 37.4 Å². The topological polar surface area (TPSA) is 89.9 Å². The van der Waals surface area contributed by atoms with Crippen LogP contribution in [-0.4, -0.2) is 54.1 Å². The number of aliphatic carboxylic acids is 1. The van der Waals surface area contributed by atoms with E-state index < -0.39 is 11.9 Å². The van der Waals surface area contributed by atoms with Gasteiger partial charge in [0.1, 0.15) is 0 Å². The lowest BCUT2D eigenvalue weighted by atomic mass is 10.1. The van der Waals surface area contributed by atoms with E-state index in [1.54, 1.807) is 34.1 Å². The summed E-state index contributed by atoms with van der Waals surface area (Å²) >= 11 is 0. The average molecular weight is 317 g/mol. The molecule has 0 aromatic heterocycles. The fourth-order valence-electron chi connectivity index (χ4n) is 3.01. The van der Waals surface area contributed by atoms with Crippen molar-refractivity contribution in [2.45, 2.75) is 12.8 Å². The number of urea groups is 1. The van der Waals surface area contributed by atoms with Crippen LogP contribution in [0.15, 0.2) is 24.3 Å². The zero-order valence-electron chi connectivity index (χ0n) is 12.7. The van der Waals surface area contributed by atoms with Gasteiger partial charge in [-0.3, -0.25) is 14.5 Å². The number of likely N-dealkylation sites (tertiary alicyclic amines) is 1. The number of carbonyl (C=O) groups excluding carboxylic acids is 2. The highest BCUT2D eigenvalue weighted by Gasteiger charge is 2.31. The Labute approximate surface area is 133 Å². The Bertz CT molecular complexity index is 646. The molecule has 2 heterocycles. The van der Waals surface area contributed by atoms with Crippen LogP contribution in [0.3, 0.4) is 0 Å². The summed E-state index contributed by atoms with van der Waals surface area (Å²) in [6.45, 7) is 1.97. The van der Waals surface area contributed by atoms with Crippen molar-refractivity contribution in [1.29, 1.82) is 0 Å². The van der Waals surface area contributed by atoms with Gasteiger partial charge in [-0.25, -0.2) is 4.79 Å². The fraction of sp³-hybridized carbons (Fsp3) is 0.438. The smallest absolute Gasteiger partial charge is 0.321 e. The first-order valence-electron chi connectivity index (χ1n) is 7.74. The molecule has 7 nitrogen and oxygen atoms in total. The molecule has 0 radical (unpaired) electrons. The average Bonchev–Trinajstić information content (AvgIpc) is 3.05. The minimum atomic E-state index is -0.862. The molecule has 122 valence electrons. The van der Waals surface area contributed by atoms with E-state index in [9.17, 15) is 14.4 Å². The molecule has 2 N–H and O–H groups in total. The van der Waals surface area contributed by atoms with Gasteiger partial charge in [0.05, 0.1) is 5.92 Å². The van der Waals surface area contributed by atoms with Crippen molar-refractivity contribution in [2.75, 3.05) is 31.1 Å². The summed E-state index contributed by atoms with van der Waals surface area (Å²) in [4.78, 5) is 38.6. The number of carbonyl (C=O) groups is 3. The molecule has 2 fully saturated rings. The second-order valence-electron chi connectivity index (χ2n) is 5.86. The van der Waals surface area contributed by atoms with Crippen molar-refractivity contribution in [2.24, 2.45) is 5.92 Å². The highest BCUT2D eigenvalue weighted by atomic mass is 16.4. The summed E-state index contributed by atoms with van der Waals surface area (Å²) in [6.07, 6.45) is 1.34. The zero-order chi connectivity index (χ0) is 16.4. The van der Waals surface area contributed by atoms with E-state index in [1.807, 2.05) is 0 Å². The van der Waals surface area contributed by atoms with Crippen molar-refractivity contribution in [1.82, 2.24) is 10.2 Å². The molecule has 23 heavy (non-hydrogen) atoms. The first-order chi connectivity index (χ1) is 11.1. The molecule has 0 bridgehead atoms. The standard InChI is InChI=1S/C16H19N3O4/c20-14(18-8-5-12(10-18)15(21)22)11-3-1-4-13(9-11)19-7-2-6-17-16(19)23/h1,3-4,9,12H,2,5-8,10H2,(H,17,23)(H,21,22). The SMILES string of the molecule is O=C(O)C1CCN(C(=O)c2cccc(N3CCCNC3=O)c2)C1. The number of rotatable bonds is 3. The number of amides is 3. The maximum absolute atomic E-state index is 12.5. The summed E-state index contributed by atoms with van der Waals surface area (Å²) in [5.74, 6) is -1.54. The molecule has 3 amide bonds. The van der Waals surface area contributed by atoms with Gasteiger partial charge in [-0.05, 0) is 31.0 Å². The number of carboxylic acids is 1. The predicted molar refractivity (Wildman–Crippen MR) is 83.5 cm³/mol. The van der Waals surface area contributed by atoms with Crippen LogP contribution < -0.4 is 10.2 Å². The second kappa shape index (κ2) is 6.28. The molecule has 0 aliphatic carbocycles. The van der Waals surface area contributed by atoms with E-state index in [0.717, 1.165) is 6.42 Å². The molecule has 2 aliphatic rings. The number of carboxylic acid groups (broad SMARTS) is 1. The molecule has 3 rings (SSSR count). The van der Waals surface area contributed by atoms with Gasteiger partial charge in [-0.2, -0.15) is 0 Å². The normalized spacial score (nSPS) is 21.2. The number of nitrogens with one attached hydrogen (secondary N) is 1. The van der Waals surface area contributed by atoms with Crippen LogP contribution >= 0.6 is 0 Å². The zero-order valence-corrected chi connectivity index (χ0v) is 12.7. The summed E-state index contributed by atoms with van der Waals surface area (Å²) in [6, 6.07) is 6.78. The summed E-state index contributed by atoms with van der Waals surface area (Å²) < 4.78 is 0. The molecule has 0 saturated carbocycles. The van der Waals surface area contributed by atoms with Crippen molar-refractivity contribution < 1.29 is 19.5 Å². The lowest BCUT2D eigenvalue weighted by molar-refractivity contribution is -0.141. The van der Waals surface area contributed by atoms with Gasteiger partial charge in [-0.15, -0.1) is 0 Å². The summed E-state index contributed by atoms with van der Waals surface area (Å²) in [5.41, 5.74) is 1.16. The van der Waals surface area contributed by atoms with Gasteiger partial charge < -0.3 is 15.3 Å². The lowest BCUT2D eigenvalue weighted by Gasteiger charge is -2.28. The third-order valence-corrected chi connectivity index (χ3v) is 4.31. The molecule has 1 aromatic rings. The van der Waals surface area contributed by atoms with Crippen LogP contribution in [0.1, 0.15) is 23.2 Å². The van der Waals surface area contributed by atoms with E-state index in [2.05, 4.69) is 5.32 Å². The second-order valence-corrected chi connectivity index (χ2v) is 5.86. The summed E-state index contributed by atoms with van der Waals surface area (Å²) in [7, 11) is 0. The van der Waals surface area contributed by atoms with Crippen molar-refractivity contribution in [3.8, 4) is 0 Å². The molecule has 1 atom stereocenters. The quantitative estimate of drug-likeness (QED) is 0.875. The first-order valence-corrected chi connectivity index (χ1v) is 7.74. The molecule has 7 heteroatoms. The Morgan fingerprint density at radius 1 is 1.26 bits per heavy atom. The lowest BCUT2D eigenvalue weighted by Crippen LogP contribution is -2.46. The number of hydrogen-bond acceptors (Lipinski definition) is 3. The van der Waals surface area contributed by atoms with Gasteiger partial charge >= 0.3 is 12.0 Å². The van der Waals surface area contributed by atoms with E-state index >= 15 is 0 Å². The van der Waals surface area contributed by atoms with Gasteiger partial charge in [-0.1, -0.05) is 6.07 Å². The Balaban J connectivity index is 1.76. The Morgan fingerprint density at radius 2 is 2.09 bits per heavy atom. The van der Waals surface area contributed by atoms with Crippen molar-refractivity contribution >= 4 is 23.6 Å². The van der Waals surface area contributed by atoms with Crippen LogP contribution in [0.4, 0.5) is 10.5 Å². The molecule has 0 spiro atoms. The van der Waals surface area contributed by atoms with Gasteiger partial charge in [0.2, 0.25) is 0 Å². The molecular formula is C16H19N3O4. The molecule has 2 saturated heterocycles. The minimum absolute atomic E-state index is 0.159. The first kappa shape index (κ1) is 15.3. The van der Waals surface area contributed by atoms with Crippen LogP contribution in [0.2, 0.25) is 0 Å². The number of anilines is 1. The highest BCUT2D eigenvalue weighted by Crippen LogP contribution is 2.22. The molecular weight excluding hydrogens is 298 g/mol. The van der Waals surface area contributed by atoms with E-state index in [4.69, 9.17) is 5.11 Å². The van der Waals surface area contributed by atoms with E-state index in [-0.39, 0.29) is 18.5 Å². The maximum Gasteiger partial charge on any atom is 0.321 e. The third kappa shape index (κ3) is 3.13. The minimum Gasteiger partial charge on any atom is -0.481 e. The maximum atomic E-state index is 12.5. The number of hydrogen-bond donors (Lipinski definition) is 2. The van der Waals surface area contributed by atoms with Gasteiger partial charge in [0.25, 0.3) is 5.91 Å². The summed E-state index contributed by atoms with van der Waals surface area (Å²) in [5, 5.41) is 11.8. The van der Waals surface area contributed by atoms with Crippen molar-refractivity contribution in [3.63, 3.8) is 0 Å². The van der Waals surface area contributed by atoms with Gasteiger partial charge in [0.15, 0.2) is 0 Å².